The van der Waals surface area contributed by atoms with Crippen LogP contribution in [0.25, 0.3) is 0 Å². The van der Waals surface area contributed by atoms with Crippen molar-refractivity contribution in [1.29, 1.82) is 0 Å². The predicted molar refractivity (Wildman–Crippen MR) is 103 cm³/mol. The van der Waals surface area contributed by atoms with E-state index in [1.165, 1.54) is 18.2 Å². The fourth-order valence-electron chi connectivity index (χ4n) is 2.45. The van der Waals surface area contributed by atoms with Crippen LogP contribution in [0.5, 0.6) is 0 Å². The standard InChI is InChI=1S/C21H16ClFN2O2/c22-18-6-1-2-7-19(18)25-21(27)16-5-3-4-15(12-16)20(26)24-13-14-8-10-17(23)11-9-14/h1-12H,13H2,(H,24,26)(H,25,27). The number of rotatable bonds is 5. The van der Waals surface area contributed by atoms with E-state index in [9.17, 15) is 14.0 Å². The summed E-state index contributed by atoms with van der Waals surface area (Å²) in [5, 5.41) is 5.89. The maximum absolute atomic E-state index is 12.9. The lowest BCUT2D eigenvalue weighted by Crippen LogP contribution is -2.23. The molecule has 0 saturated carbocycles. The number of carbonyl (C=O) groups is 2. The van der Waals surface area contributed by atoms with Crippen molar-refractivity contribution in [3.05, 3.63) is 100 Å². The van der Waals surface area contributed by atoms with Crippen molar-refractivity contribution in [1.82, 2.24) is 5.32 Å². The summed E-state index contributed by atoms with van der Waals surface area (Å²) < 4.78 is 12.9. The Morgan fingerprint density at radius 1 is 0.852 bits per heavy atom. The van der Waals surface area contributed by atoms with E-state index in [1.54, 1.807) is 54.6 Å². The molecule has 3 aromatic rings. The van der Waals surface area contributed by atoms with E-state index in [2.05, 4.69) is 10.6 Å². The zero-order valence-electron chi connectivity index (χ0n) is 14.2. The second-order valence-electron chi connectivity index (χ2n) is 5.82. The first-order chi connectivity index (χ1) is 13.0. The molecule has 3 aromatic carbocycles. The summed E-state index contributed by atoms with van der Waals surface area (Å²) >= 11 is 6.04. The SMILES string of the molecule is O=C(NCc1ccc(F)cc1)c1cccc(C(=O)Nc2ccccc2Cl)c1. The van der Waals surface area contributed by atoms with Gasteiger partial charge in [0.25, 0.3) is 11.8 Å². The quantitative estimate of drug-likeness (QED) is 0.674. The van der Waals surface area contributed by atoms with Gasteiger partial charge in [-0.15, -0.1) is 0 Å². The summed E-state index contributed by atoms with van der Waals surface area (Å²) in [5.74, 6) is -1.02. The average molecular weight is 383 g/mol. The molecule has 4 nitrogen and oxygen atoms in total. The number of nitrogens with one attached hydrogen (secondary N) is 2. The van der Waals surface area contributed by atoms with Crippen molar-refractivity contribution in [3.8, 4) is 0 Å². The van der Waals surface area contributed by atoms with E-state index in [0.29, 0.717) is 21.8 Å². The number of hydrogen-bond donors (Lipinski definition) is 2. The number of benzene rings is 3. The summed E-state index contributed by atoms with van der Waals surface area (Å²) in [4.78, 5) is 24.7. The largest absolute Gasteiger partial charge is 0.348 e. The molecule has 0 heterocycles. The number of carbonyl (C=O) groups excluding carboxylic acids is 2. The van der Waals surface area contributed by atoms with Crippen molar-refractivity contribution in [3.63, 3.8) is 0 Å². The van der Waals surface area contributed by atoms with Gasteiger partial charge in [0.05, 0.1) is 10.7 Å². The molecule has 3 rings (SSSR count). The molecule has 2 N–H and O–H groups in total. The van der Waals surface area contributed by atoms with E-state index in [4.69, 9.17) is 11.6 Å². The third-order valence-electron chi connectivity index (χ3n) is 3.88. The van der Waals surface area contributed by atoms with E-state index < -0.39 is 0 Å². The van der Waals surface area contributed by atoms with Crippen LogP contribution in [0.1, 0.15) is 26.3 Å². The predicted octanol–water partition coefficient (Wildman–Crippen LogP) is 4.66. The highest BCUT2D eigenvalue weighted by Crippen LogP contribution is 2.21. The lowest BCUT2D eigenvalue weighted by molar-refractivity contribution is 0.0951. The van der Waals surface area contributed by atoms with Crippen LogP contribution in [-0.2, 0) is 6.54 Å². The summed E-state index contributed by atoms with van der Waals surface area (Å²) in [6.07, 6.45) is 0. The fourth-order valence-corrected chi connectivity index (χ4v) is 2.63. The Bertz CT molecular complexity index is 974. The number of anilines is 1. The van der Waals surface area contributed by atoms with Crippen LogP contribution in [0.3, 0.4) is 0 Å². The van der Waals surface area contributed by atoms with Gasteiger partial charge < -0.3 is 10.6 Å². The molecule has 0 saturated heterocycles. The smallest absolute Gasteiger partial charge is 0.255 e. The van der Waals surface area contributed by atoms with Crippen molar-refractivity contribution < 1.29 is 14.0 Å². The van der Waals surface area contributed by atoms with Crippen LogP contribution in [0.15, 0.2) is 72.8 Å². The van der Waals surface area contributed by atoms with Crippen LogP contribution >= 0.6 is 11.6 Å². The van der Waals surface area contributed by atoms with Gasteiger partial charge >= 0.3 is 0 Å². The molecule has 6 heteroatoms. The van der Waals surface area contributed by atoms with Gasteiger partial charge in [-0.05, 0) is 48.0 Å². The van der Waals surface area contributed by atoms with Crippen molar-refractivity contribution >= 4 is 29.1 Å². The minimum absolute atomic E-state index is 0.259. The minimum atomic E-state index is -0.365. The average Bonchev–Trinajstić information content (AvgIpc) is 2.69. The maximum Gasteiger partial charge on any atom is 0.255 e. The summed E-state index contributed by atoms with van der Waals surface area (Å²) in [6.45, 7) is 0.259. The molecule has 0 spiro atoms. The monoisotopic (exact) mass is 382 g/mol. The number of amides is 2. The van der Waals surface area contributed by atoms with Crippen molar-refractivity contribution in [2.24, 2.45) is 0 Å². The third kappa shape index (κ3) is 4.92. The van der Waals surface area contributed by atoms with Gasteiger partial charge in [0.15, 0.2) is 0 Å². The van der Waals surface area contributed by atoms with Gasteiger partial charge in [0.1, 0.15) is 5.82 Å². The Kier molecular flexibility index (Phi) is 5.84. The normalized spacial score (nSPS) is 10.3. The summed E-state index contributed by atoms with van der Waals surface area (Å²) in [6, 6.07) is 19.1. The van der Waals surface area contributed by atoms with Gasteiger partial charge in [-0.2, -0.15) is 0 Å². The molecule has 0 unspecified atom stereocenters. The second-order valence-corrected chi connectivity index (χ2v) is 6.23. The molecule has 0 fully saturated rings. The summed E-state index contributed by atoms with van der Waals surface area (Å²) in [7, 11) is 0. The topological polar surface area (TPSA) is 58.2 Å². The molecule has 0 aromatic heterocycles. The molecule has 0 atom stereocenters. The van der Waals surface area contributed by atoms with Crippen molar-refractivity contribution in [2.75, 3.05) is 5.32 Å². The molecule has 27 heavy (non-hydrogen) atoms. The van der Waals surface area contributed by atoms with E-state index >= 15 is 0 Å². The molecule has 136 valence electrons. The van der Waals surface area contributed by atoms with E-state index in [1.807, 2.05) is 0 Å². The van der Waals surface area contributed by atoms with Crippen LogP contribution in [0, 0.1) is 5.82 Å². The first-order valence-electron chi connectivity index (χ1n) is 8.21. The lowest BCUT2D eigenvalue weighted by Gasteiger charge is -2.09. The zero-order valence-corrected chi connectivity index (χ0v) is 15.0. The highest BCUT2D eigenvalue weighted by Gasteiger charge is 2.12. The molecule has 0 radical (unpaired) electrons. The van der Waals surface area contributed by atoms with E-state index in [0.717, 1.165) is 5.56 Å². The number of para-hydroxylation sites is 1. The van der Waals surface area contributed by atoms with Gasteiger partial charge in [0, 0.05) is 17.7 Å². The number of hydrogen-bond acceptors (Lipinski definition) is 2. The molecule has 0 aliphatic rings. The van der Waals surface area contributed by atoms with E-state index in [-0.39, 0.29) is 24.2 Å². The zero-order chi connectivity index (χ0) is 19.2. The van der Waals surface area contributed by atoms with Gasteiger partial charge in [-0.25, -0.2) is 4.39 Å². The molecular formula is C21H16ClFN2O2. The molecule has 2 amide bonds. The second kappa shape index (κ2) is 8.47. The summed E-state index contributed by atoms with van der Waals surface area (Å²) in [5.41, 5.74) is 1.96. The fraction of sp³-hybridized carbons (Fsp3) is 0.0476. The lowest BCUT2D eigenvalue weighted by atomic mass is 10.1. The Morgan fingerprint density at radius 3 is 2.22 bits per heavy atom. The first kappa shape index (κ1) is 18.6. The van der Waals surface area contributed by atoms with Gasteiger partial charge in [0.2, 0.25) is 0 Å². The minimum Gasteiger partial charge on any atom is -0.348 e. The number of halogens is 2. The van der Waals surface area contributed by atoms with Crippen LogP contribution < -0.4 is 10.6 Å². The van der Waals surface area contributed by atoms with Crippen molar-refractivity contribution in [2.45, 2.75) is 6.54 Å². The Hall–Kier alpha value is -3.18. The highest BCUT2D eigenvalue weighted by atomic mass is 35.5. The van der Waals surface area contributed by atoms with Crippen LogP contribution in [0.4, 0.5) is 10.1 Å². The Balaban J connectivity index is 1.67. The molecular weight excluding hydrogens is 367 g/mol. The van der Waals surface area contributed by atoms with Gasteiger partial charge in [-0.1, -0.05) is 41.9 Å². The van der Waals surface area contributed by atoms with Crippen LogP contribution in [0.2, 0.25) is 5.02 Å². The maximum atomic E-state index is 12.9. The molecule has 0 aliphatic carbocycles. The van der Waals surface area contributed by atoms with Gasteiger partial charge in [-0.3, -0.25) is 9.59 Å². The third-order valence-corrected chi connectivity index (χ3v) is 4.20. The van der Waals surface area contributed by atoms with Crippen LogP contribution in [-0.4, -0.2) is 11.8 Å². The Morgan fingerprint density at radius 2 is 1.52 bits per heavy atom. The molecule has 0 bridgehead atoms. The highest BCUT2D eigenvalue weighted by molar-refractivity contribution is 6.33. The molecule has 0 aliphatic heterocycles. The Labute approximate surface area is 161 Å². The first-order valence-corrected chi connectivity index (χ1v) is 8.59.